The Hall–Kier alpha value is -1.89. The van der Waals surface area contributed by atoms with E-state index in [4.69, 9.17) is 15.2 Å². The van der Waals surface area contributed by atoms with Crippen molar-refractivity contribution in [3.05, 3.63) is 60.2 Å². The Labute approximate surface area is 155 Å². The minimum absolute atomic E-state index is 0.199. The molecule has 1 aliphatic rings. The Morgan fingerprint density at radius 1 is 1.08 bits per heavy atom. The van der Waals surface area contributed by atoms with Gasteiger partial charge in [0, 0.05) is 24.5 Å². The fourth-order valence-corrected chi connectivity index (χ4v) is 6.25. The van der Waals surface area contributed by atoms with E-state index in [9.17, 15) is 8.42 Å². The molecule has 0 bridgehead atoms. The van der Waals surface area contributed by atoms with Crippen molar-refractivity contribution in [2.45, 2.75) is 23.0 Å². The van der Waals surface area contributed by atoms with Crippen molar-refractivity contribution in [3.63, 3.8) is 0 Å². The number of rotatable bonds is 8. The average Bonchev–Trinajstić information content (AvgIpc) is 3.37. The second-order valence-electron chi connectivity index (χ2n) is 6.60. The molecule has 0 aliphatic heterocycles. The third-order valence-electron chi connectivity index (χ3n) is 5.22. The maximum atomic E-state index is 13.3. The van der Waals surface area contributed by atoms with Crippen LogP contribution in [0.1, 0.15) is 18.4 Å². The van der Waals surface area contributed by atoms with E-state index in [2.05, 4.69) is 0 Å². The van der Waals surface area contributed by atoms with E-state index in [0.29, 0.717) is 18.1 Å². The van der Waals surface area contributed by atoms with Gasteiger partial charge in [-0.05, 0) is 36.8 Å². The Kier molecular flexibility index (Phi) is 5.37. The Morgan fingerprint density at radius 3 is 2.27 bits per heavy atom. The van der Waals surface area contributed by atoms with Crippen molar-refractivity contribution in [2.75, 3.05) is 26.9 Å². The molecule has 2 N–H and O–H groups in total. The van der Waals surface area contributed by atoms with E-state index in [1.54, 1.807) is 31.4 Å². The van der Waals surface area contributed by atoms with Gasteiger partial charge in [0.1, 0.15) is 5.75 Å². The highest BCUT2D eigenvalue weighted by Crippen LogP contribution is 2.63. The largest absolute Gasteiger partial charge is 0.497 e. The van der Waals surface area contributed by atoms with Crippen LogP contribution in [-0.4, -0.2) is 40.5 Å². The van der Waals surface area contributed by atoms with Crippen molar-refractivity contribution in [1.29, 1.82) is 0 Å². The molecule has 0 unspecified atom stereocenters. The van der Waals surface area contributed by atoms with Gasteiger partial charge in [-0.3, -0.25) is 0 Å². The summed E-state index contributed by atoms with van der Waals surface area (Å²) in [7, 11) is -1.91. The van der Waals surface area contributed by atoms with E-state index >= 15 is 0 Å². The van der Waals surface area contributed by atoms with Gasteiger partial charge in [-0.25, -0.2) is 8.42 Å². The lowest BCUT2D eigenvalue weighted by Gasteiger charge is -2.16. The van der Waals surface area contributed by atoms with Gasteiger partial charge >= 0.3 is 0 Å². The van der Waals surface area contributed by atoms with Crippen molar-refractivity contribution in [3.8, 4) is 5.75 Å². The lowest BCUT2D eigenvalue weighted by Crippen LogP contribution is -2.29. The third kappa shape index (κ3) is 3.13. The highest BCUT2D eigenvalue weighted by molar-refractivity contribution is 7.92. The zero-order valence-corrected chi connectivity index (χ0v) is 15.9. The first kappa shape index (κ1) is 18.9. The van der Waals surface area contributed by atoms with Crippen LogP contribution in [0.25, 0.3) is 0 Å². The van der Waals surface area contributed by atoms with E-state index < -0.39 is 20.5 Å². The molecule has 3 atom stereocenters. The fourth-order valence-electron chi connectivity index (χ4n) is 3.78. The molecule has 6 heteroatoms. The molecule has 0 radical (unpaired) electrons. The Bertz CT molecular complexity index is 836. The molecule has 3 rings (SSSR count). The summed E-state index contributed by atoms with van der Waals surface area (Å²) < 4.78 is 37.5. The number of hydrogen-bond donors (Lipinski definition) is 1. The third-order valence-corrected chi connectivity index (χ3v) is 7.55. The van der Waals surface area contributed by atoms with Gasteiger partial charge in [0.2, 0.25) is 0 Å². The van der Waals surface area contributed by atoms with Crippen LogP contribution in [-0.2, 0) is 14.6 Å². The molecule has 1 saturated carbocycles. The zero-order valence-electron chi connectivity index (χ0n) is 15.1. The van der Waals surface area contributed by atoms with Gasteiger partial charge in [-0.15, -0.1) is 0 Å². The normalized spacial score (nSPS) is 25.0. The van der Waals surface area contributed by atoms with E-state index in [-0.39, 0.29) is 12.5 Å². The molecule has 5 nitrogen and oxygen atoms in total. The molecule has 2 aromatic carbocycles. The summed E-state index contributed by atoms with van der Waals surface area (Å²) in [4.78, 5) is 0.329. The molecule has 0 saturated heterocycles. The maximum Gasteiger partial charge on any atom is 0.182 e. The highest BCUT2D eigenvalue weighted by Gasteiger charge is 2.70. The van der Waals surface area contributed by atoms with E-state index in [1.165, 1.54) is 0 Å². The summed E-state index contributed by atoms with van der Waals surface area (Å²) in [6.07, 6.45) is 0. The van der Waals surface area contributed by atoms with Crippen molar-refractivity contribution in [2.24, 2.45) is 11.1 Å². The molecule has 140 valence electrons. The second kappa shape index (κ2) is 7.39. The smallest absolute Gasteiger partial charge is 0.182 e. The van der Waals surface area contributed by atoms with Gasteiger partial charge in [0.25, 0.3) is 0 Å². The molecule has 1 aliphatic carbocycles. The van der Waals surface area contributed by atoms with E-state index in [1.807, 2.05) is 37.3 Å². The van der Waals surface area contributed by atoms with Gasteiger partial charge in [0.15, 0.2) is 9.84 Å². The average molecular weight is 375 g/mol. The van der Waals surface area contributed by atoms with Crippen LogP contribution in [0.15, 0.2) is 59.5 Å². The van der Waals surface area contributed by atoms with Crippen LogP contribution in [0.4, 0.5) is 0 Å². The minimum Gasteiger partial charge on any atom is -0.497 e. The molecular formula is C20H25NO4S. The van der Waals surface area contributed by atoms with Crippen LogP contribution >= 0.6 is 0 Å². The van der Waals surface area contributed by atoms with Crippen LogP contribution < -0.4 is 10.5 Å². The number of sulfone groups is 1. The predicted octanol–water partition coefficient (Wildman–Crippen LogP) is 2.62. The lowest BCUT2D eigenvalue weighted by molar-refractivity contribution is 0.101. The monoisotopic (exact) mass is 375 g/mol. The molecule has 2 aromatic rings. The first-order valence-corrected chi connectivity index (χ1v) is 10.3. The molecule has 0 spiro atoms. The summed E-state index contributed by atoms with van der Waals surface area (Å²) in [5.41, 5.74) is 6.42. The van der Waals surface area contributed by atoms with Crippen LogP contribution in [0.5, 0.6) is 5.75 Å². The number of ether oxygens (including phenoxy) is 2. The Morgan fingerprint density at radius 2 is 1.73 bits per heavy atom. The van der Waals surface area contributed by atoms with Gasteiger partial charge < -0.3 is 15.2 Å². The summed E-state index contributed by atoms with van der Waals surface area (Å²) in [6.45, 7) is 3.00. The number of methoxy groups -OCH3 is 1. The van der Waals surface area contributed by atoms with Crippen molar-refractivity contribution in [1.82, 2.24) is 0 Å². The summed E-state index contributed by atoms with van der Waals surface area (Å²) in [5, 5.41) is -0.595. The molecule has 0 heterocycles. The van der Waals surface area contributed by atoms with E-state index in [0.717, 1.165) is 11.3 Å². The van der Waals surface area contributed by atoms with Crippen LogP contribution in [0.2, 0.25) is 0 Å². The summed E-state index contributed by atoms with van der Waals surface area (Å²) >= 11 is 0. The molecule has 0 aromatic heterocycles. The summed E-state index contributed by atoms with van der Waals surface area (Å²) in [5.74, 6) is 0.537. The highest BCUT2D eigenvalue weighted by atomic mass is 32.2. The van der Waals surface area contributed by atoms with Crippen LogP contribution in [0.3, 0.4) is 0 Å². The maximum absolute atomic E-state index is 13.3. The number of hydrogen-bond acceptors (Lipinski definition) is 5. The molecular weight excluding hydrogens is 350 g/mol. The first-order chi connectivity index (χ1) is 12.5. The van der Waals surface area contributed by atoms with Crippen molar-refractivity contribution < 1.29 is 17.9 Å². The molecule has 1 fully saturated rings. The zero-order chi connectivity index (χ0) is 18.8. The van der Waals surface area contributed by atoms with Gasteiger partial charge in [0.05, 0.1) is 23.9 Å². The summed E-state index contributed by atoms with van der Waals surface area (Å²) in [6, 6.07) is 16.1. The molecule has 26 heavy (non-hydrogen) atoms. The van der Waals surface area contributed by atoms with Crippen molar-refractivity contribution >= 4 is 9.84 Å². The van der Waals surface area contributed by atoms with Gasteiger partial charge in [-0.2, -0.15) is 0 Å². The predicted molar refractivity (Wildman–Crippen MR) is 101 cm³/mol. The topological polar surface area (TPSA) is 78.6 Å². The first-order valence-electron chi connectivity index (χ1n) is 8.72. The quantitative estimate of drug-likeness (QED) is 0.767. The lowest BCUT2D eigenvalue weighted by atomic mass is 10.00. The van der Waals surface area contributed by atoms with Gasteiger partial charge in [-0.1, -0.05) is 30.3 Å². The molecule has 0 amide bonds. The SMILES string of the molecule is CCOC[C@]1(CN)[C@H](c2ccc(OC)cc2)[C@H]1S(=O)(=O)c1ccccc1. The minimum atomic E-state index is -3.52. The second-order valence-corrected chi connectivity index (χ2v) is 8.67. The number of benzene rings is 2. The number of nitrogens with two attached hydrogens (primary N) is 1. The Balaban J connectivity index is 2.02. The van der Waals surface area contributed by atoms with Crippen LogP contribution in [0, 0.1) is 5.41 Å². The standard InChI is InChI=1S/C20H25NO4S/c1-3-25-14-20(13-21)18(15-9-11-16(24-2)12-10-15)19(20)26(22,23)17-7-5-4-6-8-17/h4-12,18-19H,3,13-14,21H2,1-2H3/t18-,19-,20-/m1/s1. The fraction of sp³-hybridized carbons (Fsp3) is 0.400.